The molecule has 0 radical (unpaired) electrons. The highest BCUT2D eigenvalue weighted by Crippen LogP contribution is 2.24. The van der Waals surface area contributed by atoms with E-state index in [2.05, 4.69) is 0 Å². The smallest absolute Gasteiger partial charge is 0.175 e. The Bertz CT molecular complexity index is 280. The Hall–Kier alpha value is -0.340. The first kappa shape index (κ1) is 9.75. The van der Waals surface area contributed by atoms with Crippen LogP contribution in [0, 0.1) is 5.92 Å². The van der Waals surface area contributed by atoms with Gasteiger partial charge in [-0.25, -0.2) is 0 Å². The van der Waals surface area contributed by atoms with Crippen molar-refractivity contribution in [3.05, 3.63) is 21.3 Å². The van der Waals surface area contributed by atoms with Crippen LogP contribution in [0.3, 0.4) is 0 Å². The van der Waals surface area contributed by atoms with Crippen molar-refractivity contribution in [2.45, 2.75) is 20.3 Å². The van der Waals surface area contributed by atoms with Crippen LogP contribution in [0.25, 0.3) is 0 Å². The summed E-state index contributed by atoms with van der Waals surface area (Å²) in [6.07, 6.45) is 0.883. The van der Waals surface area contributed by atoms with E-state index in [-0.39, 0.29) is 11.7 Å². The van der Waals surface area contributed by atoms with Crippen LogP contribution in [0.2, 0.25) is 4.34 Å². The zero-order valence-electron chi connectivity index (χ0n) is 7.13. The molecular weight excluding hydrogens is 192 g/mol. The van der Waals surface area contributed by atoms with Gasteiger partial charge < -0.3 is 0 Å². The lowest BCUT2D eigenvalue weighted by Gasteiger charge is -2.03. The molecule has 1 nitrogen and oxygen atoms in total. The molecule has 0 aliphatic carbocycles. The average Bonchev–Trinajstić information content (AvgIpc) is 2.49. The van der Waals surface area contributed by atoms with Crippen molar-refractivity contribution < 1.29 is 4.79 Å². The SMILES string of the molecule is CCC(C)C(=O)c1ccc(Cl)s1. The highest BCUT2D eigenvalue weighted by Gasteiger charge is 2.14. The molecule has 1 atom stereocenters. The number of thiophene rings is 1. The number of carbonyl (C=O) groups is 1. The van der Waals surface area contributed by atoms with Crippen molar-refractivity contribution in [3.63, 3.8) is 0 Å². The second-order valence-corrected chi connectivity index (χ2v) is 4.49. The molecule has 1 heterocycles. The Morgan fingerprint density at radius 2 is 2.33 bits per heavy atom. The van der Waals surface area contributed by atoms with Gasteiger partial charge in [0, 0.05) is 5.92 Å². The molecule has 0 N–H and O–H groups in total. The van der Waals surface area contributed by atoms with Gasteiger partial charge >= 0.3 is 0 Å². The first-order valence-corrected chi connectivity index (χ1v) is 5.14. The summed E-state index contributed by atoms with van der Waals surface area (Å²) >= 11 is 7.07. The predicted octanol–water partition coefficient (Wildman–Crippen LogP) is 3.63. The molecule has 0 aliphatic heterocycles. The van der Waals surface area contributed by atoms with Gasteiger partial charge in [-0.05, 0) is 18.6 Å². The Balaban J connectivity index is 2.78. The molecule has 0 amide bonds. The van der Waals surface area contributed by atoms with E-state index < -0.39 is 0 Å². The number of hydrogen-bond acceptors (Lipinski definition) is 2. The zero-order valence-corrected chi connectivity index (χ0v) is 8.71. The van der Waals surface area contributed by atoms with Crippen molar-refractivity contribution in [1.82, 2.24) is 0 Å². The molecule has 0 aromatic carbocycles. The van der Waals surface area contributed by atoms with Gasteiger partial charge in [0.1, 0.15) is 0 Å². The Morgan fingerprint density at radius 3 is 2.75 bits per heavy atom. The molecule has 0 aliphatic rings. The summed E-state index contributed by atoms with van der Waals surface area (Å²) in [7, 11) is 0. The van der Waals surface area contributed by atoms with E-state index in [4.69, 9.17) is 11.6 Å². The lowest BCUT2D eigenvalue weighted by atomic mass is 10.0. The number of ketones is 1. The fourth-order valence-corrected chi connectivity index (χ4v) is 1.97. The predicted molar refractivity (Wildman–Crippen MR) is 53.1 cm³/mol. The van der Waals surface area contributed by atoms with Crippen molar-refractivity contribution in [1.29, 1.82) is 0 Å². The van der Waals surface area contributed by atoms with Crippen LogP contribution in [-0.2, 0) is 0 Å². The van der Waals surface area contributed by atoms with Gasteiger partial charge in [0.2, 0.25) is 0 Å². The summed E-state index contributed by atoms with van der Waals surface area (Å²) < 4.78 is 0.682. The summed E-state index contributed by atoms with van der Waals surface area (Å²) in [6.45, 7) is 3.95. The van der Waals surface area contributed by atoms with E-state index in [1.807, 2.05) is 13.8 Å². The van der Waals surface area contributed by atoms with Crippen LogP contribution in [0.1, 0.15) is 29.9 Å². The molecule has 1 unspecified atom stereocenters. The van der Waals surface area contributed by atoms with Crippen molar-refractivity contribution in [2.24, 2.45) is 5.92 Å². The first-order chi connectivity index (χ1) is 5.65. The van der Waals surface area contributed by atoms with E-state index in [0.29, 0.717) is 4.34 Å². The van der Waals surface area contributed by atoms with Crippen LogP contribution in [0.5, 0.6) is 0 Å². The van der Waals surface area contributed by atoms with Crippen molar-refractivity contribution >= 4 is 28.7 Å². The number of hydrogen-bond donors (Lipinski definition) is 0. The maximum atomic E-state index is 11.5. The fourth-order valence-electron chi connectivity index (χ4n) is 0.875. The van der Waals surface area contributed by atoms with E-state index >= 15 is 0 Å². The minimum atomic E-state index is 0.111. The highest BCUT2D eigenvalue weighted by atomic mass is 35.5. The maximum absolute atomic E-state index is 11.5. The van der Waals surface area contributed by atoms with Crippen LogP contribution in [-0.4, -0.2) is 5.78 Å². The normalized spacial score (nSPS) is 12.9. The summed E-state index contributed by atoms with van der Waals surface area (Å²) in [5, 5.41) is 0. The second-order valence-electron chi connectivity index (χ2n) is 2.78. The van der Waals surface area contributed by atoms with Gasteiger partial charge in [0.05, 0.1) is 9.21 Å². The third-order valence-corrected chi connectivity index (χ3v) is 3.12. The monoisotopic (exact) mass is 202 g/mol. The zero-order chi connectivity index (χ0) is 9.14. The van der Waals surface area contributed by atoms with Gasteiger partial charge in [-0.15, -0.1) is 11.3 Å². The highest BCUT2D eigenvalue weighted by molar-refractivity contribution is 7.18. The summed E-state index contributed by atoms with van der Waals surface area (Å²) in [6, 6.07) is 3.56. The van der Waals surface area contributed by atoms with Gasteiger partial charge in [-0.2, -0.15) is 0 Å². The lowest BCUT2D eigenvalue weighted by molar-refractivity contribution is 0.0931. The Morgan fingerprint density at radius 1 is 1.67 bits per heavy atom. The minimum absolute atomic E-state index is 0.111. The molecule has 1 aromatic rings. The topological polar surface area (TPSA) is 17.1 Å². The first-order valence-electron chi connectivity index (χ1n) is 3.94. The number of carbonyl (C=O) groups excluding carboxylic acids is 1. The van der Waals surface area contributed by atoms with Gasteiger partial charge in [0.15, 0.2) is 5.78 Å². The number of rotatable bonds is 3. The van der Waals surface area contributed by atoms with Crippen LogP contribution < -0.4 is 0 Å². The Labute approximate surface area is 81.4 Å². The molecule has 1 rings (SSSR count). The van der Waals surface area contributed by atoms with E-state index in [1.54, 1.807) is 12.1 Å². The van der Waals surface area contributed by atoms with Crippen LogP contribution in [0.15, 0.2) is 12.1 Å². The molecule has 0 bridgehead atoms. The van der Waals surface area contributed by atoms with Crippen molar-refractivity contribution in [2.75, 3.05) is 0 Å². The average molecular weight is 203 g/mol. The van der Waals surface area contributed by atoms with E-state index in [1.165, 1.54) is 11.3 Å². The second kappa shape index (κ2) is 4.06. The molecule has 12 heavy (non-hydrogen) atoms. The summed E-state index contributed by atoms with van der Waals surface area (Å²) in [4.78, 5) is 12.3. The van der Waals surface area contributed by atoms with Gasteiger partial charge in [-0.3, -0.25) is 4.79 Å². The number of halogens is 1. The molecule has 3 heteroatoms. The number of Topliss-reactive ketones (excluding diaryl/α,β-unsaturated/α-hetero) is 1. The summed E-state index contributed by atoms with van der Waals surface area (Å²) in [5.41, 5.74) is 0. The lowest BCUT2D eigenvalue weighted by Crippen LogP contribution is -2.07. The largest absolute Gasteiger partial charge is 0.293 e. The van der Waals surface area contributed by atoms with E-state index in [0.717, 1.165) is 11.3 Å². The molecule has 0 saturated carbocycles. The Kier molecular flexibility index (Phi) is 3.29. The third-order valence-electron chi connectivity index (χ3n) is 1.88. The van der Waals surface area contributed by atoms with Crippen LogP contribution >= 0.6 is 22.9 Å². The molecule has 66 valence electrons. The third kappa shape index (κ3) is 2.08. The molecular formula is C9H11ClOS. The minimum Gasteiger partial charge on any atom is -0.293 e. The molecule has 0 fully saturated rings. The van der Waals surface area contributed by atoms with E-state index in [9.17, 15) is 4.79 Å². The van der Waals surface area contributed by atoms with Crippen LogP contribution in [0.4, 0.5) is 0 Å². The molecule has 0 spiro atoms. The summed E-state index contributed by atoms with van der Waals surface area (Å²) in [5.74, 6) is 0.314. The molecule has 1 aromatic heterocycles. The standard InChI is InChI=1S/C9H11ClOS/c1-3-6(2)9(11)7-4-5-8(10)12-7/h4-6H,3H2,1-2H3. The fraction of sp³-hybridized carbons (Fsp3) is 0.444. The van der Waals surface area contributed by atoms with Gasteiger partial charge in [0.25, 0.3) is 0 Å². The maximum Gasteiger partial charge on any atom is 0.175 e. The molecule has 0 saturated heterocycles. The quantitative estimate of drug-likeness (QED) is 0.685. The van der Waals surface area contributed by atoms with Crippen molar-refractivity contribution in [3.8, 4) is 0 Å². The van der Waals surface area contributed by atoms with Gasteiger partial charge in [-0.1, -0.05) is 25.4 Å².